The van der Waals surface area contributed by atoms with E-state index in [1.807, 2.05) is 0 Å². The van der Waals surface area contributed by atoms with Crippen LogP contribution < -0.4 is 10.1 Å². The molecule has 1 heterocycles. The largest absolute Gasteiger partial charge is 0.496 e. The molecule has 0 aliphatic carbocycles. The number of amides is 1. The van der Waals surface area contributed by atoms with Crippen molar-refractivity contribution in [3.8, 4) is 17.0 Å². The summed E-state index contributed by atoms with van der Waals surface area (Å²) in [7, 11) is 1.44. The summed E-state index contributed by atoms with van der Waals surface area (Å²) in [5.41, 5.74) is 0.368. The van der Waals surface area contributed by atoms with Crippen LogP contribution in [0.15, 0.2) is 41.8 Å². The van der Waals surface area contributed by atoms with E-state index in [-0.39, 0.29) is 5.13 Å². The van der Waals surface area contributed by atoms with Gasteiger partial charge in [0, 0.05) is 10.9 Å². The fraction of sp³-hybridized carbons (Fsp3) is 0.0588. The van der Waals surface area contributed by atoms with Gasteiger partial charge in [-0.25, -0.2) is 18.2 Å². The number of ether oxygens (including phenoxy) is 1. The summed E-state index contributed by atoms with van der Waals surface area (Å²) in [6, 6.07) is 6.56. The second-order valence-electron chi connectivity index (χ2n) is 4.96. The van der Waals surface area contributed by atoms with Crippen LogP contribution in [-0.4, -0.2) is 18.0 Å². The third-order valence-corrected chi connectivity index (χ3v) is 4.09. The van der Waals surface area contributed by atoms with Gasteiger partial charge in [0.15, 0.2) is 5.13 Å². The molecule has 0 radical (unpaired) electrons. The van der Waals surface area contributed by atoms with Crippen molar-refractivity contribution < 1.29 is 22.7 Å². The van der Waals surface area contributed by atoms with E-state index in [1.165, 1.54) is 25.3 Å². The molecule has 0 atom stereocenters. The van der Waals surface area contributed by atoms with Crippen LogP contribution in [0.25, 0.3) is 11.3 Å². The molecule has 3 rings (SSSR count). The van der Waals surface area contributed by atoms with Gasteiger partial charge in [0.25, 0.3) is 5.91 Å². The lowest BCUT2D eigenvalue weighted by molar-refractivity contribution is 0.102. The average Bonchev–Trinajstić information content (AvgIpc) is 3.05. The highest BCUT2D eigenvalue weighted by atomic mass is 32.1. The molecule has 0 aliphatic rings. The number of rotatable bonds is 4. The molecule has 128 valence electrons. The molecule has 2 aromatic carbocycles. The summed E-state index contributed by atoms with van der Waals surface area (Å²) in [5, 5.41) is 4.15. The number of benzene rings is 2. The fourth-order valence-electron chi connectivity index (χ4n) is 2.17. The van der Waals surface area contributed by atoms with Crippen molar-refractivity contribution in [1.82, 2.24) is 4.98 Å². The summed E-state index contributed by atoms with van der Waals surface area (Å²) in [4.78, 5) is 16.2. The molecule has 4 nitrogen and oxygen atoms in total. The first-order chi connectivity index (χ1) is 12.0. The van der Waals surface area contributed by atoms with E-state index in [1.54, 1.807) is 5.38 Å². The van der Waals surface area contributed by atoms with Crippen molar-refractivity contribution >= 4 is 22.4 Å². The maximum Gasteiger partial charge on any atom is 0.260 e. The number of nitrogens with zero attached hydrogens (tertiary/aromatic N) is 1. The van der Waals surface area contributed by atoms with E-state index in [9.17, 15) is 18.0 Å². The Bertz CT molecular complexity index is 943. The first-order valence-corrected chi connectivity index (χ1v) is 7.91. The van der Waals surface area contributed by atoms with Gasteiger partial charge in [-0.2, -0.15) is 0 Å². The lowest BCUT2D eigenvalue weighted by atomic mass is 10.1. The number of halogens is 3. The fourth-order valence-corrected chi connectivity index (χ4v) is 2.88. The van der Waals surface area contributed by atoms with Gasteiger partial charge in [0.2, 0.25) is 0 Å². The van der Waals surface area contributed by atoms with E-state index in [2.05, 4.69) is 10.3 Å². The van der Waals surface area contributed by atoms with Crippen molar-refractivity contribution in [3.63, 3.8) is 0 Å². The number of thiazole rings is 1. The molecule has 0 aliphatic heterocycles. The number of anilines is 1. The lowest BCUT2D eigenvalue weighted by Crippen LogP contribution is -2.14. The first-order valence-electron chi connectivity index (χ1n) is 7.04. The molecule has 1 N–H and O–H groups in total. The summed E-state index contributed by atoms with van der Waals surface area (Å²) < 4.78 is 45.4. The Labute approximate surface area is 144 Å². The molecule has 3 aromatic rings. The van der Waals surface area contributed by atoms with Gasteiger partial charge in [0.1, 0.15) is 23.2 Å². The predicted molar refractivity (Wildman–Crippen MR) is 88.4 cm³/mol. The van der Waals surface area contributed by atoms with Gasteiger partial charge in [-0.15, -0.1) is 11.3 Å². The van der Waals surface area contributed by atoms with Crippen molar-refractivity contribution in [2.45, 2.75) is 0 Å². The summed E-state index contributed by atoms with van der Waals surface area (Å²) in [6.45, 7) is 0. The zero-order valence-corrected chi connectivity index (χ0v) is 13.7. The highest BCUT2D eigenvalue weighted by molar-refractivity contribution is 7.14. The van der Waals surface area contributed by atoms with Gasteiger partial charge in [-0.1, -0.05) is 0 Å². The van der Waals surface area contributed by atoms with Crippen LogP contribution in [-0.2, 0) is 0 Å². The molecular weight excluding hydrogens is 353 g/mol. The normalized spacial score (nSPS) is 10.6. The molecular formula is C17H11F3N2O2S. The van der Waals surface area contributed by atoms with E-state index in [4.69, 9.17) is 4.74 Å². The summed E-state index contributed by atoms with van der Waals surface area (Å²) in [5.74, 6) is -2.44. The van der Waals surface area contributed by atoms with Gasteiger partial charge < -0.3 is 4.74 Å². The summed E-state index contributed by atoms with van der Waals surface area (Å²) >= 11 is 1.07. The Morgan fingerprint density at radius 3 is 2.60 bits per heavy atom. The highest BCUT2D eigenvalue weighted by Gasteiger charge is 2.16. The number of carbonyl (C=O) groups excluding carboxylic acids is 1. The zero-order chi connectivity index (χ0) is 18.0. The number of methoxy groups -OCH3 is 1. The van der Waals surface area contributed by atoms with Crippen molar-refractivity contribution in [3.05, 3.63) is 64.8 Å². The van der Waals surface area contributed by atoms with Crippen LogP contribution >= 0.6 is 11.3 Å². The standard InChI is InChI=1S/C17H11F3N2O2S/c1-24-15-5-3-10(19)7-12(15)14-8-25-17(21-14)22-16(23)11-6-9(18)2-4-13(11)20/h2-8H,1H3,(H,21,22,23). The Morgan fingerprint density at radius 1 is 1.12 bits per heavy atom. The maximum absolute atomic E-state index is 13.6. The molecule has 25 heavy (non-hydrogen) atoms. The van der Waals surface area contributed by atoms with Crippen LogP contribution in [0.2, 0.25) is 0 Å². The monoisotopic (exact) mass is 364 g/mol. The molecule has 0 unspecified atom stereocenters. The van der Waals surface area contributed by atoms with Crippen LogP contribution in [0.5, 0.6) is 5.75 Å². The highest BCUT2D eigenvalue weighted by Crippen LogP contribution is 2.33. The second-order valence-corrected chi connectivity index (χ2v) is 5.82. The first kappa shape index (κ1) is 17.0. The second kappa shape index (κ2) is 6.94. The Hall–Kier alpha value is -2.87. The number of hydrogen-bond donors (Lipinski definition) is 1. The quantitative estimate of drug-likeness (QED) is 0.742. The topological polar surface area (TPSA) is 51.2 Å². The van der Waals surface area contributed by atoms with Gasteiger partial charge in [0.05, 0.1) is 18.4 Å². The smallest absolute Gasteiger partial charge is 0.260 e. The summed E-state index contributed by atoms with van der Waals surface area (Å²) in [6.07, 6.45) is 0. The van der Waals surface area contributed by atoms with Gasteiger partial charge in [-0.3, -0.25) is 10.1 Å². The third-order valence-electron chi connectivity index (χ3n) is 3.34. The van der Waals surface area contributed by atoms with Gasteiger partial charge in [-0.05, 0) is 36.4 Å². The van der Waals surface area contributed by atoms with Crippen molar-refractivity contribution in [1.29, 1.82) is 0 Å². The van der Waals surface area contributed by atoms with E-state index in [0.29, 0.717) is 17.0 Å². The molecule has 8 heteroatoms. The van der Waals surface area contributed by atoms with Crippen LogP contribution in [0.3, 0.4) is 0 Å². The van der Waals surface area contributed by atoms with Crippen LogP contribution in [0, 0.1) is 17.5 Å². The Morgan fingerprint density at radius 2 is 1.84 bits per heavy atom. The van der Waals surface area contributed by atoms with E-state index >= 15 is 0 Å². The van der Waals surface area contributed by atoms with E-state index < -0.39 is 28.9 Å². The minimum atomic E-state index is -0.845. The van der Waals surface area contributed by atoms with Crippen molar-refractivity contribution in [2.24, 2.45) is 0 Å². The molecule has 0 bridgehead atoms. The number of nitrogens with one attached hydrogen (secondary N) is 1. The van der Waals surface area contributed by atoms with E-state index in [0.717, 1.165) is 29.5 Å². The molecule has 1 amide bonds. The average molecular weight is 364 g/mol. The molecule has 0 saturated carbocycles. The van der Waals surface area contributed by atoms with Crippen molar-refractivity contribution in [2.75, 3.05) is 12.4 Å². The predicted octanol–water partition coefficient (Wildman–Crippen LogP) is 4.49. The minimum Gasteiger partial charge on any atom is -0.496 e. The Kier molecular flexibility index (Phi) is 4.71. The lowest BCUT2D eigenvalue weighted by Gasteiger charge is -2.06. The SMILES string of the molecule is COc1ccc(F)cc1-c1csc(NC(=O)c2cc(F)ccc2F)n1. The number of carbonyl (C=O) groups is 1. The molecule has 1 aromatic heterocycles. The molecule has 0 spiro atoms. The maximum atomic E-state index is 13.6. The number of hydrogen-bond acceptors (Lipinski definition) is 4. The zero-order valence-electron chi connectivity index (χ0n) is 12.8. The third kappa shape index (κ3) is 3.63. The number of aromatic nitrogens is 1. The van der Waals surface area contributed by atoms with Gasteiger partial charge >= 0.3 is 0 Å². The van der Waals surface area contributed by atoms with Crippen LogP contribution in [0.1, 0.15) is 10.4 Å². The minimum absolute atomic E-state index is 0.162. The molecule has 0 fully saturated rings. The molecule has 0 saturated heterocycles. The van der Waals surface area contributed by atoms with Crippen LogP contribution in [0.4, 0.5) is 18.3 Å². The Balaban J connectivity index is 1.86.